The van der Waals surface area contributed by atoms with Gasteiger partial charge in [-0.25, -0.2) is 4.39 Å². The van der Waals surface area contributed by atoms with Crippen molar-refractivity contribution in [2.45, 2.75) is 39.2 Å². The summed E-state index contributed by atoms with van der Waals surface area (Å²) in [5.74, 6) is 1.26. The lowest BCUT2D eigenvalue weighted by Gasteiger charge is -2.23. The van der Waals surface area contributed by atoms with Crippen molar-refractivity contribution in [1.82, 2.24) is 10.6 Å². The van der Waals surface area contributed by atoms with Crippen LogP contribution in [0, 0.1) is 5.82 Å². The van der Waals surface area contributed by atoms with Gasteiger partial charge in [0.05, 0.1) is 6.61 Å². The molecule has 0 bridgehead atoms. The zero-order valence-corrected chi connectivity index (χ0v) is 16.1. The van der Waals surface area contributed by atoms with Crippen LogP contribution in [0.1, 0.15) is 33.6 Å². The number of rotatable bonds is 6. The van der Waals surface area contributed by atoms with Gasteiger partial charge in [0.15, 0.2) is 5.96 Å². The van der Waals surface area contributed by atoms with Crippen LogP contribution >= 0.6 is 24.0 Å². The minimum atomic E-state index is -0.246. The van der Waals surface area contributed by atoms with Crippen molar-refractivity contribution in [3.63, 3.8) is 0 Å². The van der Waals surface area contributed by atoms with E-state index < -0.39 is 0 Å². The Kier molecular flexibility index (Phi) is 10.1. The highest BCUT2D eigenvalue weighted by Crippen LogP contribution is 2.11. The maximum absolute atomic E-state index is 12.7. The Hall–Kier alpha value is -1.05. The fourth-order valence-electron chi connectivity index (χ4n) is 1.69. The third-order valence-electron chi connectivity index (χ3n) is 2.66. The number of halogens is 2. The monoisotopic (exact) mass is 423 g/mol. The lowest BCUT2D eigenvalue weighted by Crippen LogP contribution is -2.47. The summed E-state index contributed by atoms with van der Waals surface area (Å²) in [4.78, 5) is 4.17. The second-order valence-corrected chi connectivity index (χ2v) is 5.88. The molecule has 0 aliphatic carbocycles. The number of nitrogens with zero attached hydrogens (tertiary/aromatic N) is 1. The Morgan fingerprint density at radius 3 is 2.36 bits per heavy atom. The highest BCUT2D eigenvalue weighted by atomic mass is 127. The van der Waals surface area contributed by atoms with Crippen molar-refractivity contribution in [1.29, 1.82) is 0 Å². The van der Waals surface area contributed by atoms with Crippen molar-refractivity contribution < 1.29 is 9.13 Å². The van der Waals surface area contributed by atoms with Crippen molar-refractivity contribution >= 4 is 29.9 Å². The Balaban J connectivity index is 0.00000441. The topological polar surface area (TPSA) is 45.7 Å². The van der Waals surface area contributed by atoms with Gasteiger partial charge >= 0.3 is 0 Å². The van der Waals surface area contributed by atoms with E-state index in [4.69, 9.17) is 4.74 Å². The number of guanidine groups is 1. The first-order valence-electron chi connectivity index (χ1n) is 7.28. The molecule has 22 heavy (non-hydrogen) atoms. The van der Waals surface area contributed by atoms with Crippen LogP contribution < -0.4 is 15.4 Å². The van der Waals surface area contributed by atoms with Crippen molar-refractivity contribution in [2.75, 3.05) is 20.2 Å². The Morgan fingerprint density at radius 2 is 1.82 bits per heavy atom. The first kappa shape index (κ1) is 20.9. The van der Waals surface area contributed by atoms with Crippen LogP contribution in [0.4, 0.5) is 4.39 Å². The maximum atomic E-state index is 12.7. The van der Waals surface area contributed by atoms with Gasteiger partial charge in [0.25, 0.3) is 0 Å². The minimum Gasteiger partial charge on any atom is -0.494 e. The van der Waals surface area contributed by atoms with E-state index in [0.29, 0.717) is 12.4 Å². The molecule has 0 aliphatic heterocycles. The fraction of sp³-hybridized carbons (Fsp3) is 0.562. The van der Waals surface area contributed by atoms with Gasteiger partial charge < -0.3 is 15.4 Å². The summed E-state index contributed by atoms with van der Waals surface area (Å²) in [5.41, 5.74) is -0.00641. The van der Waals surface area contributed by atoms with Crippen LogP contribution in [0.5, 0.6) is 5.75 Å². The zero-order chi connectivity index (χ0) is 15.7. The predicted molar refractivity (Wildman–Crippen MR) is 101 cm³/mol. The Bertz CT molecular complexity index is 444. The molecule has 4 nitrogen and oxygen atoms in total. The summed E-state index contributed by atoms with van der Waals surface area (Å²) < 4.78 is 18.3. The average molecular weight is 423 g/mol. The molecule has 0 heterocycles. The number of ether oxygens (including phenoxy) is 1. The first-order chi connectivity index (χ1) is 9.90. The molecule has 0 saturated carbocycles. The quantitative estimate of drug-likeness (QED) is 0.318. The third kappa shape index (κ3) is 9.81. The van der Waals surface area contributed by atoms with Crippen LogP contribution in [-0.2, 0) is 0 Å². The lowest BCUT2D eigenvalue weighted by molar-refractivity contribution is 0.306. The van der Waals surface area contributed by atoms with Crippen molar-refractivity contribution in [2.24, 2.45) is 4.99 Å². The third-order valence-corrected chi connectivity index (χ3v) is 2.66. The van der Waals surface area contributed by atoms with Crippen LogP contribution in [0.3, 0.4) is 0 Å². The van der Waals surface area contributed by atoms with Gasteiger partial charge in [0.2, 0.25) is 0 Å². The molecule has 0 saturated heterocycles. The number of unbranched alkanes of at least 4 members (excludes halogenated alkanes) is 1. The van der Waals surface area contributed by atoms with E-state index >= 15 is 0 Å². The Morgan fingerprint density at radius 1 is 1.18 bits per heavy atom. The molecule has 2 N–H and O–H groups in total. The van der Waals surface area contributed by atoms with Crippen molar-refractivity contribution in [3.8, 4) is 5.75 Å². The van der Waals surface area contributed by atoms with E-state index in [0.717, 1.165) is 25.3 Å². The SMILES string of the molecule is CN=C(NCCCCOc1ccc(F)cc1)NC(C)(C)C.I. The molecular weight excluding hydrogens is 396 g/mol. The molecule has 0 aromatic heterocycles. The van der Waals surface area contributed by atoms with Gasteiger partial charge in [0, 0.05) is 19.1 Å². The summed E-state index contributed by atoms with van der Waals surface area (Å²) in [6.07, 6.45) is 1.91. The standard InChI is InChI=1S/C16H26FN3O.HI/c1-16(2,3)20-15(18-4)19-11-5-6-12-21-14-9-7-13(17)8-10-14;/h7-10H,5-6,11-12H2,1-4H3,(H2,18,19,20);1H. The second kappa shape index (κ2) is 10.6. The van der Waals surface area contributed by atoms with Gasteiger partial charge in [-0.3, -0.25) is 4.99 Å². The molecule has 0 aliphatic rings. The van der Waals surface area contributed by atoms with Crippen LogP contribution in [0.25, 0.3) is 0 Å². The fourth-order valence-corrected chi connectivity index (χ4v) is 1.69. The molecule has 126 valence electrons. The van der Waals surface area contributed by atoms with Gasteiger partial charge in [-0.05, 0) is 57.9 Å². The number of nitrogens with one attached hydrogen (secondary N) is 2. The molecule has 0 atom stereocenters. The summed E-state index contributed by atoms with van der Waals surface area (Å²) in [5, 5.41) is 6.57. The van der Waals surface area contributed by atoms with E-state index in [1.165, 1.54) is 12.1 Å². The second-order valence-electron chi connectivity index (χ2n) is 5.88. The highest BCUT2D eigenvalue weighted by Gasteiger charge is 2.10. The van der Waals surface area contributed by atoms with E-state index in [-0.39, 0.29) is 35.3 Å². The summed E-state index contributed by atoms with van der Waals surface area (Å²) >= 11 is 0. The zero-order valence-electron chi connectivity index (χ0n) is 13.8. The summed E-state index contributed by atoms with van der Waals surface area (Å²) in [6.45, 7) is 7.74. The van der Waals surface area contributed by atoms with E-state index in [1.807, 2.05) is 0 Å². The van der Waals surface area contributed by atoms with Gasteiger partial charge in [-0.1, -0.05) is 0 Å². The Labute approximate surface area is 149 Å². The number of hydrogen-bond acceptors (Lipinski definition) is 2. The van der Waals surface area contributed by atoms with Crippen LogP contribution in [0.2, 0.25) is 0 Å². The molecule has 1 rings (SSSR count). The molecule has 0 spiro atoms. The van der Waals surface area contributed by atoms with Crippen LogP contribution in [-0.4, -0.2) is 31.7 Å². The molecule has 1 aromatic carbocycles. The summed E-state index contributed by atoms with van der Waals surface area (Å²) in [6, 6.07) is 6.09. The van der Waals surface area contributed by atoms with Gasteiger partial charge in [-0.2, -0.15) is 0 Å². The first-order valence-corrected chi connectivity index (χ1v) is 7.28. The van der Waals surface area contributed by atoms with E-state index in [1.54, 1.807) is 19.2 Å². The smallest absolute Gasteiger partial charge is 0.191 e. The molecule has 6 heteroatoms. The van der Waals surface area contributed by atoms with E-state index in [9.17, 15) is 4.39 Å². The van der Waals surface area contributed by atoms with Gasteiger partial charge in [-0.15, -0.1) is 24.0 Å². The molecule has 0 radical (unpaired) electrons. The molecule has 0 unspecified atom stereocenters. The summed E-state index contributed by atoms with van der Waals surface area (Å²) in [7, 11) is 1.76. The van der Waals surface area contributed by atoms with Crippen molar-refractivity contribution in [3.05, 3.63) is 30.1 Å². The average Bonchev–Trinajstić information content (AvgIpc) is 2.42. The van der Waals surface area contributed by atoms with Crippen LogP contribution in [0.15, 0.2) is 29.3 Å². The molecule has 1 aromatic rings. The molecule has 0 amide bonds. The lowest BCUT2D eigenvalue weighted by atomic mass is 10.1. The minimum absolute atomic E-state index is 0. The van der Waals surface area contributed by atoms with E-state index in [2.05, 4.69) is 36.4 Å². The molecular formula is C16H27FIN3O. The molecule has 0 fully saturated rings. The predicted octanol–water partition coefficient (Wildman–Crippen LogP) is 3.57. The number of hydrogen-bond donors (Lipinski definition) is 2. The maximum Gasteiger partial charge on any atom is 0.191 e. The largest absolute Gasteiger partial charge is 0.494 e. The highest BCUT2D eigenvalue weighted by molar-refractivity contribution is 14.0. The number of benzene rings is 1. The number of aliphatic imine (C=N–C) groups is 1. The van der Waals surface area contributed by atoms with Gasteiger partial charge in [0.1, 0.15) is 11.6 Å². The normalized spacial score (nSPS) is 11.6.